The van der Waals surface area contributed by atoms with E-state index >= 15 is 0 Å². The molecule has 0 spiro atoms. The smallest absolute Gasteiger partial charge is 0.207 e. The lowest BCUT2D eigenvalue weighted by atomic mass is 10.1. The number of rotatable bonds is 15. The van der Waals surface area contributed by atoms with Gasteiger partial charge in [-0.1, -0.05) is 57.2 Å². The predicted octanol–water partition coefficient (Wildman–Crippen LogP) is 4.90. The van der Waals surface area contributed by atoms with Crippen LogP contribution in [-0.4, -0.2) is 44.4 Å². The molecule has 0 aliphatic heterocycles. The molecule has 0 heterocycles. The molecule has 0 amide bonds. The molecule has 0 saturated carbocycles. The minimum Gasteiger partial charge on any atom is -0.378 e. The first-order valence-electron chi connectivity index (χ1n) is 10.7. The van der Waals surface area contributed by atoms with E-state index in [0.29, 0.717) is 6.61 Å². The Morgan fingerprint density at radius 1 is 1.03 bits per heavy atom. The SMILES string of the molecule is CCCCCCCCOC(O)C(=CC=CN(CC)CC)S(=O)(=O)c1ccccc1. The van der Waals surface area contributed by atoms with Crippen LogP contribution in [0.1, 0.15) is 59.3 Å². The molecule has 1 unspecified atom stereocenters. The summed E-state index contributed by atoms with van der Waals surface area (Å²) in [6.45, 7) is 8.19. The second-order valence-corrected chi connectivity index (χ2v) is 8.89. The van der Waals surface area contributed by atoms with E-state index in [0.717, 1.165) is 32.4 Å². The fraction of sp³-hybridized carbons (Fsp3) is 0.565. The molecule has 0 aromatic heterocycles. The molecule has 1 aromatic rings. The molecule has 164 valence electrons. The number of hydrogen-bond acceptors (Lipinski definition) is 5. The Bertz CT molecular complexity index is 710. The Morgan fingerprint density at radius 2 is 1.66 bits per heavy atom. The maximum Gasteiger partial charge on any atom is 0.207 e. The molecule has 0 fully saturated rings. The summed E-state index contributed by atoms with van der Waals surface area (Å²) in [7, 11) is -3.85. The van der Waals surface area contributed by atoms with Crippen molar-refractivity contribution >= 4 is 9.84 Å². The molecular weight excluding hydrogens is 386 g/mol. The summed E-state index contributed by atoms with van der Waals surface area (Å²) in [5, 5.41) is 10.5. The molecule has 0 saturated heterocycles. The zero-order valence-corrected chi connectivity index (χ0v) is 18.9. The highest BCUT2D eigenvalue weighted by Gasteiger charge is 2.27. The first-order chi connectivity index (χ1) is 14.0. The normalized spacial score (nSPS) is 13.7. The van der Waals surface area contributed by atoms with E-state index in [9.17, 15) is 13.5 Å². The Labute approximate surface area is 177 Å². The quantitative estimate of drug-likeness (QED) is 0.247. The van der Waals surface area contributed by atoms with Gasteiger partial charge in [0.1, 0.15) is 4.91 Å². The third-order valence-corrected chi connectivity index (χ3v) is 6.60. The third kappa shape index (κ3) is 9.15. The van der Waals surface area contributed by atoms with Gasteiger partial charge >= 0.3 is 0 Å². The van der Waals surface area contributed by atoms with E-state index in [4.69, 9.17) is 4.74 Å². The molecule has 0 aliphatic carbocycles. The van der Waals surface area contributed by atoms with Crippen molar-refractivity contribution in [3.63, 3.8) is 0 Å². The van der Waals surface area contributed by atoms with Crippen molar-refractivity contribution in [3.05, 3.63) is 53.6 Å². The van der Waals surface area contributed by atoms with Crippen molar-refractivity contribution < 1.29 is 18.3 Å². The minimum atomic E-state index is -3.85. The lowest BCUT2D eigenvalue weighted by Gasteiger charge is -2.17. The highest BCUT2D eigenvalue weighted by atomic mass is 32.2. The van der Waals surface area contributed by atoms with Crippen LogP contribution in [0.4, 0.5) is 0 Å². The summed E-state index contributed by atoms with van der Waals surface area (Å²) >= 11 is 0. The van der Waals surface area contributed by atoms with Crippen molar-refractivity contribution in [2.75, 3.05) is 19.7 Å². The van der Waals surface area contributed by atoms with Gasteiger partial charge in [-0.15, -0.1) is 0 Å². The lowest BCUT2D eigenvalue weighted by Crippen LogP contribution is -2.22. The highest BCUT2D eigenvalue weighted by molar-refractivity contribution is 7.95. The van der Waals surface area contributed by atoms with Crippen LogP contribution < -0.4 is 0 Å². The number of hydrogen-bond donors (Lipinski definition) is 1. The van der Waals surface area contributed by atoms with E-state index in [-0.39, 0.29) is 9.80 Å². The topological polar surface area (TPSA) is 66.8 Å². The van der Waals surface area contributed by atoms with Gasteiger partial charge in [0, 0.05) is 13.1 Å². The fourth-order valence-corrected chi connectivity index (χ4v) is 4.27. The Morgan fingerprint density at radius 3 is 2.28 bits per heavy atom. The molecule has 1 rings (SSSR count). The first-order valence-corrected chi connectivity index (χ1v) is 12.2. The summed E-state index contributed by atoms with van der Waals surface area (Å²) < 4.78 is 31.6. The van der Waals surface area contributed by atoms with Crippen molar-refractivity contribution in [3.8, 4) is 0 Å². The molecule has 0 aliphatic rings. The zero-order valence-electron chi connectivity index (χ0n) is 18.1. The van der Waals surface area contributed by atoms with Gasteiger partial charge in [-0.05, 0) is 50.8 Å². The number of aliphatic hydroxyl groups is 1. The van der Waals surface area contributed by atoms with Crippen molar-refractivity contribution in [1.82, 2.24) is 4.90 Å². The average molecular weight is 424 g/mol. The largest absolute Gasteiger partial charge is 0.378 e. The number of benzene rings is 1. The lowest BCUT2D eigenvalue weighted by molar-refractivity contribution is -0.0683. The molecule has 5 nitrogen and oxygen atoms in total. The second kappa shape index (κ2) is 14.4. The number of aliphatic hydroxyl groups excluding tert-OH is 1. The molecule has 1 atom stereocenters. The molecule has 1 N–H and O–H groups in total. The van der Waals surface area contributed by atoms with Crippen LogP contribution in [0.5, 0.6) is 0 Å². The molecule has 6 heteroatoms. The Kier molecular flexibility index (Phi) is 12.6. The van der Waals surface area contributed by atoms with Crippen LogP contribution in [0.3, 0.4) is 0 Å². The second-order valence-electron chi connectivity index (χ2n) is 6.94. The van der Waals surface area contributed by atoms with Gasteiger partial charge in [0.05, 0.1) is 11.5 Å². The predicted molar refractivity (Wildman–Crippen MR) is 119 cm³/mol. The number of allylic oxidation sites excluding steroid dienone is 2. The number of unbranched alkanes of at least 4 members (excludes halogenated alkanes) is 5. The van der Waals surface area contributed by atoms with Crippen LogP contribution in [0.15, 0.2) is 58.5 Å². The van der Waals surface area contributed by atoms with Crippen LogP contribution in [0.25, 0.3) is 0 Å². The summed E-state index contributed by atoms with van der Waals surface area (Å²) in [5.74, 6) is 0. The molecule has 29 heavy (non-hydrogen) atoms. The van der Waals surface area contributed by atoms with Gasteiger partial charge in [-0.3, -0.25) is 0 Å². The summed E-state index contributed by atoms with van der Waals surface area (Å²) in [6, 6.07) is 8.14. The van der Waals surface area contributed by atoms with Crippen molar-refractivity contribution in [2.24, 2.45) is 0 Å². The number of nitrogens with zero attached hydrogens (tertiary/aromatic N) is 1. The van der Waals surface area contributed by atoms with E-state index in [1.165, 1.54) is 37.5 Å². The van der Waals surface area contributed by atoms with Gasteiger partial charge in [0.15, 0.2) is 6.29 Å². The highest BCUT2D eigenvalue weighted by Crippen LogP contribution is 2.23. The van der Waals surface area contributed by atoms with E-state index in [1.54, 1.807) is 24.3 Å². The fourth-order valence-electron chi connectivity index (χ4n) is 2.89. The van der Waals surface area contributed by atoms with Gasteiger partial charge in [-0.25, -0.2) is 8.42 Å². The first kappa shape index (κ1) is 25.4. The van der Waals surface area contributed by atoms with Crippen LogP contribution in [0, 0.1) is 0 Å². The summed E-state index contributed by atoms with van der Waals surface area (Å²) in [6.07, 6.45) is 9.98. The minimum absolute atomic E-state index is 0.141. The van der Waals surface area contributed by atoms with E-state index < -0.39 is 16.1 Å². The molecule has 0 radical (unpaired) electrons. The Hall–Kier alpha value is -1.63. The third-order valence-electron chi connectivity index (χ3n) is 4.75. The molecular formula is C23H37NO4S. The van der Waals surface area contributed by atoms with E-state index in [1.807, 2.05) is 24.9 Å². The number of sulfone groups is 1. The standard InChI is InChI=1S/C23H37NO4S/c1-4-7-8-9-10-14-20-28-23(25)22(18-15-19-24(5-2)6-3)29(26,27)21-16-12-11-13-17-21/h11-13,15-19,23,25H,4-10,14,20H2,1-3H3. The molecule has 0 bridgehead atoms. The van der Waals surface area contributed by atoms with Gasteiger partial charge in [0.25, 0.3) is 0 Å². The maximum atomic E-state index is 13.0. The van der Waals surface area contributed by atoms with Gasteiger partial charge in [0.2, 0.25) is 9.84 Å². The van der Waals surface area contributed by atoms with E-state index in [2.05, 4.69) is 6.92 Å². The van der Waals surface area contributed by atoms with Crippen molar-refractivity contribution in [1.29, 1.82) is 0 Å². The van der Waals surface area contributed by atoms with Gasteiger partial charge in [-0.2, -0.15) is 0 Å². The van der Waals surface area contributed by atoms with Crippen molar-refractivity contribution in [2.45, 2.75) is 70.5 Å². The molecule has 1 aromatic carbocycles. The summed E-state index contributed by atoms with van der Waals surface area (Å²) in [5.41, 5.74) is 0. The number of ether oxygens (including phenoxy) is 1. The average Bonchev–Trinajstić information content (AvgIpc) is 2.73. The van der Waals surface area contributed by atoms with Crippen LogP contribution in [0.2, 0.25) is 0 Å². The van der Waals surface area contributed by atoms with Crippen LogP contribution in [-0.2, 0) is 14.6 Å². The Balaban J connectivity index is 2.87. The zero-order chi connectivity index (χ0) is 21.5. The maximum absolute atomic E-state index is 13.0. The van der Waals surface area contributed by atoms with Gasteiger partial charge < -0.3 is 14.7 Å². The summed E-state index contributed by atoms with van der Waals surface area (Å²) in [4.78, 5) is 2.04. The monoisotopic (exact) mass is 423 g/mol. The van der Waals surface area contributed by atoms with Crippen LogP contribution >= 0.6 is 0 Å².